The van der Waals surface area contributed by atoms with Gasteiger partial charge in [0.25, 0.3) is 0 Å². The van der Waals surface area contributed by atoms with Crippen LogP contribution in [0.2, 0.25) is 0 Å². The van der Waals surface area contributed by atoms with Crippen LogP contribution in [0, 0.1) is 0 Å². The van der Waals surface area contributed by atoms with E-state index in [1.807, 2.05) is 13.8 Å². The van der Waals surface area contributed by atoms with E-state index in [4.69, 9.17) is 5.73 Å². The largest absolute Gasteiger partial charge is 0.573 e. The Bertz CT molecular complexity index is 482. The van der Waals surface area contributed by atoms with E-state index in [1.54, 1.807) is 12.1 Å². The van der Waals surface area contributed by atoms with Gasteiger partial charge in [0.05, 0.1) is 6.04 Å². The van der Waals surface area contributed by atoms with Crippen molar-refractivity contribution in [2.45, 2.75) is 44.6 Å². The lowest BCUT2D eigenvalue weighted by atomic mass is 9.87. The zero-order valence-electron chi connectivity index (χ0n) is 12.3. The number of likely N-dealkylation sites (tertiary alicyclic amines) is 1. The molecule has 1 atom stereocenters. The van der Waals surface area contributed by atoms with Gasteiger partial charge in [-0.1, -0.05) is 18.2 Å². The van der Waals surface area contributed by atoms with Crippen LogP contribution >= 0.6 is 0 Å². The summed E-state index contributed by atoms with van der Waals surface area (Å²) in [6.07, 6.45) is -2.53. The molecule has 3 nitrogen and oxygen atoms in total. The molecule has 0 amide bonds. The number of ether oxygens (including phenoxy) is 1. The van der Waals surface area contributed by atoms with Crippen LogP contribution in [0.3, 0.4) is 0 Å². The smallest absolute Gasteiger partial charge is 0.405 e. The van der Waals surface area contributed by atoms with E-state index in [0.717, 1.165) is 25.9 Å². The van der Waals surface area contributed by atoms with E-state index < -0.39 is 17.9 Å². The van der Waals surface area contributed by atoms with Gasteiger partial charge in [0.15, 0.2) is 0 Å². The molecule has 0 aliphatic carbocycles. The third-order valence-corrected chi connectivity index (χ3v) is 4.16. The fourth-order valence-electron chi connectivity index (χ4n) is 2.83. The SMILES string of the molecule is CC(C)(C(N)c1ccccc1OC(F)(F)F)N1CCCC1. The molecular formula is C15H21F3N2O. The van der Waals surface area contributed by atoms with E-state index in [2.05, 4.69) is 9.64 Å². The van der Waals surface area contributed by atoms with Crippen LogP contribution in [-0.2, 0) is 0 Å². The summed E-state index contributed by atoms with van der Waals surface area (Å²) >= 11 is 0. The first-order valence-corrected chi connectivity index (χ1v) is 7.07. The average Bonchev–Trinajstić information content (AvgIpc) is 2.91. The maximum Gasteiger partial charge on any atom is 0.573 e. The maximum atomic E-state index is 12.5. The lowest BCUT2D eigenvalue weighted by Gasteiger charge is -2.41. The van der Waals surface area contributed by atoms with Crippen LogP contribution in [0.1, 0.15) is 38.3 Å². The predicted octanol–water partition coefficient (Wildman–Crippen LogP) is 3.46. The molecular weight excluding hydrogens is 281 g/mol. The van der Waals surface area contributed by atoms with Crippen molar-refractivity contribution in [2.75, 3.05) is 13.1 Å². The molecule has 0 radical (unpaired) electrons. The van der Waals surface area contributed by atoms with Crippen molar-refractivity contribution >= 4 is 0 Å². The Morgan fingerprint density at radius 2 is 1.71 bits per heavy atom. The van der Waals surface area contributed by atoms with Crippen LogP contribution in [0.25, 0.3) is 0 Å². The Kier molecular flexibility index (Phi) is 4.49. The summed E-state index contributed by atoms with van der Waals surface area (Å²) in [6, 6.07) is 5.54. The molecule has 1 heterocycles. The highest BCUT2D eigenvalue weighted by atomic mass is 19.4. The second-order valence-electron chi connectivity index (χ2n) is 5.91. The molecule has 1 saturated heterocycles. The van der Waals surface area contributed by atoms with Gasteiger partial charge in [-0.2, -0.15) is 0 Å². The zero-order valence-corrected chi connectivity index (χ0v) is 12.3. The third kappa shape index (κ3) is 3.68. The molecule has 2 rings (SSSR count). The maximum absolute atomic E-state index is 12.5. The number of alkyl halides is 3. The van der Waals surface area contributed by atoms with Crippen LogP contribution < -0.4 is 10.5 Å². The molecule has 0 aromatic heterocycles. The molecule has 1 aliphatic rings. The third-order valence-electron chi connectivity index (χ3n) is 4.16. The summed E-state index contributed by atoms with van der Waals surface area (Å²) in [5.74, 6) is -0.218. The van der Waals surface area contributed by atoms with Crippen LogP contribution in [0.5, 0.6) is 5.75 Å². The second kappa shape index (κ2) is 5.85. The fraction of sp³-hybridized carbons (Fsp3) is 0.600. The number of para-hydroxylation sites is 1. The number of nitrogens with zero attached hydrogens (tertiary/aromatic N) is 1. The van der Waals surface area contributed by atoms with Gasteiger partial charge in [-0.05, 0) is 45.8 Å². The average molecular weight is 302 g/mol. The number of halogens is 3. The van der Waals surface area contributed by atoms with Crippen molar-refractivity contribution in [2.24, 2.45) is 5.73 Å². The molecule has 1 aromatic rings. The molecule has 1 aromatic carbocycles. The van der Waals surface area contributed by atoms with Crippen molar-refractivity contribution in [3.63, 3.8) is 0 Å². The minimum atomic E-state index is -4.71. The molecule has 21 heavy (non-hydrogen) atoms. The van der Waals surface area contributed by atoms with E-state index in [0.29, 0.717) is 5.56 Å². The first-order chi connectivity index (χ1) is 9.72. The standard InChI is InChI=1S/C15H21F3N2O/c1-14(2,20-9-5-6-10-20)13(19)11-7-3-4-8-12(11)21-15(16,17)18/h3-4,7-8,13H,5-6,9-10,19H2,1-2H3. The van der Waals surface area contributed by atoms with Crippen LogP contribution in [-0.4, -0.2) is 29.9 Å². The van der Waals surface area contributed by atoms with Gasteiger partial charge in [-0.3, -0.25) is 4.90 Å². The molecule has 2 N–H and O–H groups in total. The van der Waals surface area contributed by atoms with Crippen molar-refractivity contribution in [1.82, 2.24) is 4.90 Å². The van der Waals surface area contributed by atoms with Gasteiger partial charge < -0.3 is 10.5 Å². The monoisotopic (exact) mass is 302 g/mol. The highest BCUT2D eigenvalue weighted by Crippen LogP contribution is 2.37. The molecule has 118 valence electrons. The van der Waals surface area contributed by atoms with E-state index in [1.165, 1.54) is 12.1 Å². The van der Waals surface area contributed by atoms with E-state index in [-0.39, 0.29) is 5.75 Å². The zero-order chi connectivity index (χ0) is 15.7. The second-order valence-corrected chi connectivity index (χ2v) is 5.91. The summed E-state index contributed by atoms with van der Waals surface area (Å²) in [6.45, 7) is 5.77. The van der Waals surface area contributed by atoms with Gasteiger partial charge in [-0.25, -0.2) is 0 Å². The molecule has 1 unspecified atom stereocenters. The molecule has 0 bridgehead atoms. The minimum absolute atomic E-state index is 0.218. The first-order valence-electron chi connectivity index (χ1n) is 7.07. The lowest BCUT2D eigenvalue weighted by molar-refractivity contribution is -0.275. The number of hydrogen-bond acceptors (Lipinski definition) is 3. The normalized spacial score (nSPS) is 18.8. The van der Waals surface area contributed by atoms with E-state index in [9.17, 15) is 13.2 Å². The van der Waals surface area contributed by atoms with Crippen molar-refractivity contribution in [3.05, 3.63) is 29.8 Å². The Balaban J connectivity index is 2.28. The Morgan fingerprint density at radius 1 is 1.14 bits per heavy atom. The number of benzene rings is 1. The number of nitrogens with two attached hydrogens (primary N) is 1. The van der Waals surface area contributed by atoms with Crippen molar-refractivity contribution < 1.29 is 17.9 Å². The summed E-state index contributed by atoms with van der Waals surface area (Å²) < 4.78 is 41.6. The number of rotatable bonds is 4. The topological polar surface area (TPSA) is 38.5 Å². The minimum Gasteiger partial charge on any atom is -0.405 e. The Labute approximate surface area is 122 Å². The Hall–Kier alpha value is -1.27. The van der Waals surface area contributed by atoms with Gasteiger partial charge in [0.2, 0.25) is 0 Å². The Morgan fingerprint density at radius 3 is 2.29 bits per heavy atom. The highest BCUT2D eigenvalue weighted by molar-refractivity contribution is 5.37. The quantitative estimate of drug-likeness (QED) is 0.925. The van der Waals surface area contributed by atoms with Crippen LogP contribution in [0.4, 0.5) is 13.2 Å². The van der Waals surface area contributed by atoms with E-state index >= 15 is 0 Å². The van der Waals surface area contributed by atoms with Crippen LogP contribution in [0.15, 0.2) is 24.3 Å². The van der Waals surface area contributed by atoms with Gasteiger partial charge in [0.1, 0.15) is 5.75 Å². The molecule has 1 fully saturated rings. The molecule has 1 aliphatic heterocycles. The van der Waals surface area contributed by atoms with Crippen molar-refractivity contribution in [3.8, 4) is 5.75 Å². The summed E-state index contributed by atoms with van der Waals surface area (Å²) in [5.41, 5.74) is 6.24. The van der Waals surface area contributed by atoms with Crippen molar-refractivity contribution in [1.29, 1.82) is 0 Å². The van der Waals surface area contributed by atoms with Gasteiger partial charge in [0, 0.05) is 11.1 Å². The molecule has 0 saturated carbocycles. The van der Waals surface area contributed by atoms with Gasteiger partial charge >= 0.3 is 6.36 Å². The highest BCUT2D eigenvalue weighted by Gasteiger charge is 2.38. The number of hydrogen-bond donors (Lipinski definition) is 1. The molecule has 6 heteroatoms. The fourth-order valence-corrected chi connectivity index (χ4v) is 2.83. The molecule has 0 spiro atoms. The summed E-state index contributed by atoms with van der Waals surface area (Å²) in [7, 11) is 0. The first kappa shape index (κ1) is 16.1. The lowest BCUT2D eigenvalue weighted by Crippen LogP contribution is -2.50. The predicted molar refractivity (Wildman–Crippen MR) is 74.9 cm³/mol. The van der Waals surface area contributed by atoms with Gasteiger partial charge in [-0.15, -0.1) is 13.2 Å². The summed E-state index contributed by atoms with van der Waals surface area (Å²) in [5, 5.41) is 0. The summed E-state index contributed by atoms with van der Waals surface area (Å²) in [4.78, 5) is 2.22.